The minimum absolute atomic E-state index is 0.170. The monoisotopic (exact) mass is 576 g/mol. The number of fused-ring (bicyclic) bond motifs is 1. The van der Waals surface area contributed by atoms with Crippen LogP contribution in [0.25, 0.3) is 0 Å². The van der Waals surface area contributed by atoms with E-state index in [1.54, 1.807) is 73.8 Å². The quantitative estimate of drug-likeness (QED) is 0.212. The summed E-state index contributed by atoms with van der Waals surface area (Å²) in [6.45, 7) is 0.350. The number of rotatable bonds is 6. The standard InChI is InChI=1S/C28H21BrN2O5S/c1-35-21-14-10-19(11-15-21)18-31(27-24-7-3-5-9-26(24)37(33,34)30-27)20-12-16-22(17-13-20)36-28(32)23-6-2-4-8-25(23)29/h2-17H,18H2,1H3. The number of ether oxygens (including phenoxy) is 2. The molecule has 0 saturated heterocycles. The van der Waals surface area contributed by atoms with Crippen molar-refractivity contribution < 1.29 is 22.7 Å². The molecular formula is C28H21BrN2O5S. The van der Waals surface area contributed by atoms with Gasteiger partial charge in [0.15, 0.2) is 5.84 Å². The Labute approximate surface area is 223 Å². The number of halogens is 1. The molecule has 9 heteroatoms. The number of carbonyl (C=O) groups is 1. The van der Waals surface area contributed by atoms with Crippen molar-refractivity contribution in [2.24, 2.45) is 4.40 Å². The molecule has 186 valence electrons. The second-order valence-corrected chi connectivity index (χ2v) is 10.6. The van der Waals surface area contributed by atoms with Crippen LogP contribution in [0.15, 0.2) is 111 Å². The summed E-state index contributed by atoms with van der Waals surface area (Å²) < 4.78 is 41.1. The largest absolute Gasteiger partial charge is 0.497 e. The predicted molar refractivity (Wildman–Crippen MR) is 145 cm³/mol. The highest BCUT2D eigenvalue weighted by Gasteiger charge is 2.32. The number of amidine groups is 1. The maximum atomic E-state index is 12.8. The fraction of sp³-hybridized carbons (Fsp3) is 0.0714. The molecule has 0 spiro atoms. The summed E-state index contributed by atoms with van der Waals surface area (Å²) in [5.74, 6) is 0.910. The van der Waals surface area contributed by atoms with E-state index in [1.165, 1.54) is 0 Å². The van der Waals surface area contributed by atoms with Crippen LogP contribution in [0.3, 0.4) is 0 Å². The van der Waals surface area contributed by atoms with Crippen molar-refractivity contribution in [3.05, 3.63) is 118 Å². The van der Waals surface area contributed by atoms with E-state index in [-0.39, 0.29) is 4.90 Å². The predicted octanol–water partition coefficient (Wildman–Crippen LogP) is 5.83. The van der Waals surface area contributed by atoms with Crippen LogP contribution in [0.2, 0.25) is 0 Å². The summed E-state index contributed by atoms with van der Waals surface area (Å²) in [5, 5.41) is 0. The highest BCUT2D eigenvalue weighted by Crippen LogP contribution is 2.32. The summed E-state index contributed by atoms with van der Waals surface area (Å²) in [6.07, 6.45) is 0. The van der Waals surface area contributed by atoms with Crippen LogP contribution in [0.1, 0.15) is 21.5 Å². The lowest BCUT2D eigenvalue weighted by atomic mass is 10.1. The zero-order valence-corrected chi connectivity index (χ0v) is 22.1. The summed E-state index contributed by atoms with van der Waals surface area (Å²) in [7, 11) is -2.22. The van der Waals surface area contributed by atoms with Gasteiger partial charge in [0.1, 0.15) is 16.4 Å². The molecule has 37 heavy (non-hydrogen) atoms. The van der Waals surface area contributed by atoms with Crippen LogP contribution in [0.4, 0.5) is 5.69 Å². The number of esters is 1. The third kappa shape index (κ3) is 5.14. The molecule has 0 saturated carbocycles. The molecule has 4 aromatic rings. The molecule has 0 fully saturated rings. The van der Waals surface area contributed by atoms with E-state index in [4.69, 9.17) is 9.47 Å². The summed E-state index contributed by atoms with van der Waals surface area (Å²) in [6, 6.07) is 28.2. The lowest BCUT2D eigenvalue weighted by molar-refractivity contribution is 0.0734. The Morgan fingerprint density at radius 1 is 0.865 bits per heavy atom. The number of hydrogen-bond donors (Lipinski definition) is 0. The van der Waals surface area contributed by atoms with Crippen molar-refractivity contribution in [2.45, 2.75) is 11.4 Å². The molecular weight excluding hydrogens is 556 g/mol. The smallest absolute Gasteiger partial charge is 0.344 e. The van der Waals surface area contributed by atoms with E-state index in [9.17, 15) is 13.2 Å². The molecule has 1 aliphatic rings. The first-order valence-electron chi connectivity index (χ1n) is 11.3. The van der Waals surface area contributed by atoms with Gasteiger partial charge in [-0.05, 0) is 82.2 Å². The van der Waals surface area contributed by atoms with Crippen LogP contribution in [0, 0.1) is 0 Å². The summed E-state index contributed by atoms with van der Waals surface area (Å²) in [5.41, 5.74) is 2.55. The number of nitrogens with zero attached hydrogens (tertiary/aromatic N) is 2. The summed E-state index contributed by atoms with van der Waals surface area (Å²) in [4.78, 5) is 14.6. The average molecular weight is 577 g/mol. The third-order valence-corrected chi connectivity index (χ3v) is 7.84. The maximum Gasteiger partial charge on any atom is 0.344 e. The van der Waals surface area contributed by atoms with Crippen molar-refractivity contribution in [3.63, 3.8) is 0 Å². The van der Waals surface area contributed by atoms with Gasteiger partial charge in [0.05, 0.1) is 12.7 Å². The zero-order valence-electron chi connectivity index (χ0n) is 19.7. The molecule has 7 nitrogen and oxygen atoms in total. The molecule has 0 radical (unpaired) electrons. The fourth-order valence-electron chi connectivity index (χ4n) is 3.97. The summed E-state index contributed by atoms with van der Waals surface area (Å²) >= 11 is 3.36. The zero-order chi connectivity index (χ0) is 26.0. The number of methoxy groups -OCH3 is 1. The van der Waals surface area contributed by atoms with Crippen molar-refractivity contribution in [2.75, 3.05) is 12.0 Å². The van der Waals surface area contributed by atoms with Gasteiger partial charge in [0, 0.05) is 22.3 Å². The van der Waals surface area contributed by atoms with Crippen LogP contribution in [0.5, 0.6) is 11.5 Å². The Morgan fingerprint density at radius 3 is 2.22 bits per heavy atom. The van der Waals surface area contributed by atoms with Gasteiger partial charge in [0.2, 0.25) is 0 Å². The second kappa shape index (κ2) is 10.2. The number of hydrogen-bond acceptors (Lipinski definition) is 6. The molecule has 1 aliphatic heterocycles. The van der Waals surface area contributed by atoms with Gasteiger partial charge in [0.25, 0.3) is 10.0 Å². The molecule has 4 aromatic carbocycles. The Kier molecular flexibility index (Phi) is 6.82. The van der Waals surface area contributed by atoms with E-state index >= 15 is 0 Å². The Balaban J connectivity index is 1.48. The molecule has 0 unspecified atom stereocenters. The van der Waals surface area contributed by atoms with Gasteiger partial charge < -0.3 is 14.4 Å². The van der Waals surface area contributed by atoms with Crippen molar-refractivity contribution >= 4 is 43.4 Å². The SMILES string of the molecule is COc1ccc(CN(C2=NS(=O)(=O)c3ccccc32)c2ccc(OC(=O)c3ccccc3Br)cc2)cc1. The number of benzene rings is 4. The Hall–Kier alpha value is -3.95. The van der Waals surface area contributed by atoms with Gasteiger partial charge in [-0.3, -0.25) is 0 Å². The van der Waals surface area contributed by atoms with Gasteiger partial charge in [-0.1, -0.05) is 36.4 Å². The van der Waals surface area contributed by atoms with E-state index in [0.29, 0.717) is 39.4 Å². The lowest BCUT2D eigenvalue weighted by Crippen LogP contribution is -2.30. The average Bonchev–Trinajstić information content (AvgIpc) is 3.19. The third-order valence-electron chi connectivity index (χ3n) is 5.82. The van der Waals surface area contributed by atoms with Crippen LogP contribution in [-0.4, -0.2) is 27.3 Å². The Morgan fingerprint density at radius 2 is 1.51 bits per heavy atom. The molecule has 5 rings (SSSR count). The first-order valence-corrected chi connectivity index (χ1v) is 13.5. The Bertz CT molecular complexity index is 1600. The van der Waals surface area contributed by atoms with E-state index in [0.717, 1.165) is 11.3 Å². The van der Waals surface area contributed by atoms with Crippen LogP contribution in [-0.2, 0) is 16.6 Å². The highest BCUT2D eigenvalue weighted by molar-refractivity contribution is 9.10. The van der Waals surface area contributed by atoms with Crippen molar-refractivity contribution in [3.8, 4) is 11.5 Å². The van der Waals surface area contributed by atoms with Crippen LogP contribution >= 0.6 is 15.9 Å². The van der Waals surface area contributed by atoms with Gasteiger partial charge >= 0.3 is 5.97 Å². The van der Waals surface area contributed by atoms with Gasteiger partial charge in [-0.15, -0.1) is 4.40 Å². The van der Waals surface area contributed by atoms with E-state index in [2.05, 4.69) is 20.3 Å². The first-order chi connectivity index (χ1) is 17.9. The number of sulfonamides is 1. The van der Waals surface area contributed by atoms with Crippen molar-refractivity contribution in [1.29, 1.82) is 0 Å². The minimum Gasteiger partial charge on any atom is -0.497 e. The van der Waals surface area contributed by atoms with Gasteiger partial charge in [-0.2, -0.15) is 8.42 Å². The molecule has 0 amide bonds. The molecule has 0 aliphatic carbocycles. The normalized spacial score (nSPS) is 13.4. The van der Waals surface area contributed by atoms with Crippen LogP contribution < -0.4 is 14.4 Å². The number of anilines is 1. The molecule has 0 atom stereocenters. The van der Waals surface area contributed by atoms with E-state index in [1.807, 2.05) is 35.2 Å². The second-order valence-electron chi connectivity index (χ2n) is 8.18. The first kappa shape index (κ1) is 24.7. The van der Waals surface area contributed by atoms with E-state index < -0.39 is 16.0 Å². The minimum atomic E-state index is -3.82. The fourth-order valence-corrected chi connectivity index (χ4v) is 5.63. The number of carbonyl (C=O) groups excluding carboxylic acids is 1. The molecule has 0 bridgehead atoms. The van der Waals surface area contributed by atoms with Gasteiger partial charge in [-0.25, -0.2) is 4.79 Å². The molecule has 0 N–H and O–H groups in total. The molecule has 1 heterocycles. The van der Waals surface area contributed by atoms with Crippen molar-refractivity contribution in [1.82, 2.24) is 0 Å². The lowest BCUT2D eigenvalue weighted by Gasteiger charge is -2.25. The topological polar surface area (TPSA) is 85.3 Å². The highest BCUT2D eigenvalue weighted by atomic mass is 79.9. The molecule has 0 aromatic heterocycles. The maximum absolute atomic E-state index is 12.8.